The van der Waals surface area contributed by atoms with Gasteiger partial charge in [-0.2, -0.15) is 0 Å². The molecular weight excluding hydrogens is 248 g/mol. The summed E-state index contributed by atoms with van der Waals surface area (Å²) in [7, 11) is 0. The third kappa shape index (κ3) is 7.31. The zero-order valence-electron chi connectivity index (χ0n) is 12.6. The van der Waals surface area contributed by atoms with E-state index in [4.69, 9.17) is 10.6 Å². The van der Waals surface area contributed by atoms with Gasteiger partial charge < -0.3 is 4.74 Å². The molecule has 0 aliphatic heterocycles. The van der Waals surface area contributed by atoms with E-state index in [9.17, 15) is 0 Å². The van der Waals surface area contributed by atoms with Crippen molar-refractivity contribution in [2.45, 2.75) is 51.5 Å². The minimum Gasteiger partial charge on any atom is -0.494 e. The summed E-state index contributed by atoms with van der Waals surface area (Å²) in [5, 5.41) is 0. The molecule has 0 saturated heterocycles. The van der Waals surface area contributed by atoms with Crippen molar-refractivity contribution in [1.29, 1.82) is 0 Å². The maximum atomic E-state index is 5.76. The normalized spacial score (nSPS) is 12.1. The van der Waals surface area contributed by atoms with Crippen LogP contribution in [-0.4, -0.2) is 12.6 Å². The maximum absolute atomic E-state index is 5.76. The minimum atomic E-state index is 0.337. The van der Waals surface area contributed by atoms with Crippen molar-refractivity contribution >= 4 is 0 Å². The number of unbranched alkanes of at least 4 members (excludes halogenated alkanes) is 3. The van der Waals surface area contributed by atoms with Crippen LogP contribution in [-0.2, 0) is 0 Å². The summed E-state index contributed by atoms with van der Waals surface area (Å²) in [5.74, 6) is 6.53. The average molecular weight is 276 g/mol. The first kappa shape index (κ1) is 16.7. The van der Waals surface area contributed by atoms with Crippen LogP contribution in [0.25, 0.3) is 0 Å². The Balaban J connectivity index is 2.15. The Morgan fingerprint density at radius 2 is 2.15 bits per heavy atom. The van der Waals surface area contributed by atoms with Gasteiger partial charge in [-0.05, 0) is 50.3 Å². The summed E-state index contributed by atoms with van der Waals surface area (Å²) < 4.78 is 5.76. The van der Waals surface area contributed by atoms with Gasteiger partial charge in [-0.25, -0.2) is 0 Å². The molecule has 20 heavy (non-hydrogen) atoms. The Morgan fingerprint density at radius 1 is 1.30 bits per heavy atom. The smallest absolute Gasteiger partial charge is 0.119 e. The topological polar surface area (TPSA) is 47.3 Å². The van der Waals surface area contributed by atoms with E-state index in [1.165, 1.54) is 24.8 Å². The van der Waals surface area contributed by atoms with Crippen LogP contribution in [0.1, 0.15) is 44.1 Å². The van der Waals surface area contributed by atoms with Crippen molar-refractivity contribution in [3.8, 4) is 5.75 Å². The Hall–Kier alpha value is -1.32. The molecule has 3 N–H and O–H groups in total. The van der Waals surface area contributed by atoms with Crippen molar-refractivity contribution in [3.05, 3.63) is 42.5 Å². The van der Waals surface area contributed by atoms with Gasteiger partial charge in [-0.15, -0.1) is 6.58 Å². The molecule has 0 amide bonds. The highest BCUT2D eigenvalue weighted by molar-refractivity contribution is 5.27. The number of hydrazine groups is 1. The Labute approximate surface area is 123 Å². The SMILES string of the molecule is C=CCCCCCC(CCOc1cccc(C)c1)NN. The lowest BCUT2D eigenvalue weighted by Crippen LogP contribution is -2.36. The first-order valence-electron chi connectivity index (χ1n) is 7.52. The molecule has 1 rings (SSSR count). The van der Waals surface area contributed by atoms with E-state index >= 15 is 0 Å². The molecule has 1 aromatic rings. The fourth-order valence-corrected chi connectivity index (χ4v) is 2.19. The summed E-state index contributed by atoms with van der Waals surface area (Å²) in [6.07, 6.45) is 8.79. The molecule has 0 aromatic heterocycles. The molecule has 0 spiro atoms. The number of rotatable bonds is 11. The summed E-state index contributed by atoms with van der Waals surface area (Å²) in [5.41, 5.74) is 4.11. The maximum Gasteiger partial charge on any atom is 0.119 e. The second-order valence-corrected chi connectivity index (χ2v) is 5.24. The second kappa shape index (κ2) is 10.5. The fourth-order valence-electron chi connectivity index (χ4n) is 2.19. The molecule has 3 nitrogen and oxygen atoms in total. The number of hydrogen-bond donors (Lipinski definition) is 2. The molecule has 0 bridgehead atoms. The number of hydrogen-bond acceptors (Lipinski definition) is 3. The molecule has 0 aliphatic carbocycles. The van der Waals surface area contributed by atoms with Gasteiger partial charge in [0.2, 0.25) is 0 Å². The Kier molecular flexibility index (Phi) is 8.76. The van der Waals surface area contributed by atoms with Gasteiger partial charge in [-0.3, -0.25) is 11.3 Å². The van der Waals surface area contributed by atoms with Crippen molar-refractivity contribution in [2.75, 3.05) is 6.61 Å². The van der Waals surface area contributed by atoms with Crippen LogP contribution >= 0.6 is 0 Å². The third-order valence-corrected chi connectivity index (χ3v) is 3.42. The number of benzene rings is 1. The number of aryl methyl sites for hydroxylation is 1. The molecule has 1 aromatic carbocycles. The third-order valence-electron chi connectivity index (χ3n) is 3.42. The van der Waals surface area contributed by atoms with Crippen LogP contribution in [0, 0.1) is 6.92 Å². The van der Waals surface area contributed by atoms with Gasteiger partial charge in [0, 0.05) is 6.04 Å². The van der Waals surface area contributed by atoms with Crippen molar-refractivity contribution in [2.24, 2.45) is 5.84 Å². The molecule has 112 valence electrons. The molecule has 0 heterocycles. The van der Waals surface area contributed by atoms with Gasteiger partial charge in [-0.1, -0.05) is 31.1 Å². The van der Waals surface area contributed by atoms with Crippen LogP contribution in [0.5, 0.6) is 5.75 Å². The predicted molar refractivity (Wildman–Crippen MR) is 85.7 cm³/mol. The van der Waals surface area contributed by atoms with E-state index in [1.807, 2.05) is 18.2 Å². The lowest BCUT2D eigenvalue weighted by atomic mass is 10.1. The molecule has 1 atom stereocenters. The molecule has 3 heteroatoms. The lowest BCUT2D eigenvalue weighted by Gasteiger charge is -2.16. The number of nitrogens with two attached hydrogens (primary N) is 1. The Morgan fingerprint density at radius 3 is 2.85 bits per heavy atom. The first-order valence-corrected chi connectivity index (χ1v) is 7.52. The van der Waals surface area contributed by atoms with Crippen LogP contribution < -0.4 is 16.0 Å². The molecule has 1 unspecified atom stereocenters. The van der Waals surface area contributed by atoms with Gasteiger partial charge in [0.1, 0.15) is 5.75 Å². The Bertz CT molecular complexity index is 379. The van der Waals surface area contributed by atoms with Crippen LogP contribution in [0.15, 0.2) is 36.9 Å². The van der Waals surface area contributed by atoms with E-state index in [0.29, 0.717) is 12.6 Å². The van der Waals surface area contributed by atoms with E-state index in [0.717, 1.165) is 25.0 Å². The number of ether oxygens (including phenoxy) is 1. The number of nitrogens with one attached hydrogen (secondary N) is 1. The van der Waals surface area contributed by atoms with Gasteiger partial charge in [0.05, 0.1) is 6.61 Å². The summed E-state index contributed by atoms with van der Waals surface area (Å²) in [6.45, 7) is 6.51. The van der Waals surface area contributed by atoms with Crippen LogP contribution in [0.3, 0.4) is 0 Å². The van der Waals surface area contributed by atoms with E-state index in [1.54, 1.807) is 0 Å². The highest BCUT2D eigenvalue weighted by Crippen LogP contribution is 2.13. The van der Waals surface area contributed by atoms with Crippen molar-refractivity contribution in [3.63, 3.8) is 0 Å². The summed E-state index contributed by atoms with van der Waals surface area (Å²) >= 11 is 0. The van der Waals surface area contributed by atoms with Crippen molar-refractivity contribution in [1.82, 2.24) is 5.43 Å². The zero-order chi connectivity index (χ0) is 14.6. The predicted octanol–water partition coefficient (Wildman–Crippen LogP) is 3.73. The number of allylic oxidation sites excluding steroid dienone is 1. The van der Waals surface area contributed by atoms with Crippen molar-refractivity contribution < 1.29 is 4.74 Å². The average Bonchev–Trinajstić information content (AvgIpc) is 2.45. The second-order valence-electron chi connectivity index (χ2n) is 5.24. The quantitative estimate of drug-likeness (QED) is 0.280. The zero-order valence-corrected chi connectivity index (χ0v) is 12.6. The molecule has 0 aliphatic rings. The van der Waals surface area contributed by atoms with Gasteiger partial charge in [0.15, 0.2) is 0 Å². The van der Waals surface area contributed by atoms with E-state index < -0.39 is 0 Å². The van der Waals surface area contributed by atoms with Gasteiger partial charge in [0.25, 0.3) is 0 Å². The fraction of sp³-hybridized carbons (Fsp3) is 0.529. The molecule has 0 fully saturated rings. The highest BCUT2D eigenvalue weighted by Gasteiger charge is 2.06. The largest absolute Gasteiger partial charge is 0.494 e. The van der Waals surface area contributed by atoms with E-state index in [-0.39, 0.29) is 0 Å². The minimum absolute atomic E-state index is 0.337. The lowest BCUT2D eigenvalue weighted by molar-refractivity contribution is 0.279. The standard InChI is InChI=1S/C17H28N2O/c1-3-4-5-6-7-10-16(19-18)12-13-20-17-11-8-9-15(2)14-17/h3,8-9,11,14,16,19H,1,4-7,10,12-13,18H2,2H3. The monoisotopic (exact) mass is 276 g/mol. The van der Waals surface area contributed by atoms with Crippen LogP contribution in [0.2, 0.25) is 0 Å². The molecule has 0 saturated carbocycles. The van der Waals surface area contributed by atoms with E-state index in [2.05, 4.69) is 31.1 Å². The molecular formula is C17H28N2O. The molecule has 0 radical (unpaired) electrons. The van der Waals surface area contributed by atoms with Gasteiger partial charge >= 0.3 is 0 Å². The summed E-state index contributed by atoms with van der Waals surface area (Å²) in [4.78, 5) is 0. The first-order chi connectivity index (χ1) is 9.76. The van der Waals surface area contributed by atoms with Crippen LogP contribution in [0.4, 0.5) is 0 Å². The summed E-state index contributed by atoms with van der Waals surface area (Å²) in [6, 6.07) is 8.47. The highest BCUT2D eigenvalue weighted by atomic mass is 16.5.